The Labute approximate surface area is 186 Å². The molecule has 0 aliphatic carbocycles. The molecule has 0 aromatic heterocycles. The van der Waals surface area contributed by atoms with Gasteiger partial charge < -0.3 is 0 Å². The quantitative estimate of drug-likeness (QED) is 0.509. The normalized spacial score (nSPS) is 10.2. The first-order valence-electron chi connectivity index (χ1n) is 6.80. The average Bonchev–Trinajstić information content (AvgIpc) is 2.42. The molecular formula is C17H18KMnO5. The van der Waals surface area contributed by atoms with Crippen molar-refractivity contribution in [2.45, 2.75) is 27.7 Å². The summed E-state index contributed by atoms with van der Waals surface area (Å²) < 4.78 is 34.3. The van der Waals surface area contributed by atoms with E-state index in [1.807, 2.05) is 50.2 Å². The van der Waals surface area contributed by atoms with Crippen LogP contribution in [0.25, 0.3) is 0 Å². The van der Waals surface area contributed by atoms with E-state index in [1.165, 1.54) is 11.1 Å². The molecule has 0 spiro atoms. The third-order valence-corrected chi connectivity index (χ3v) is 3.54. The van der Waals surface area contributed by atoms with Crippen LogP contribution >= 0.6 is 0 Å². The van der Waals surface area contributed by atoms with Gasteiger partial charge in [-0.2, -0.15) is 0 Å². The molecule has 0 atom stereocenters. The summed E-state index contributed by atoms with van der Waals surface area (Å²) >= 11 is -5.62. The number of rotatable bonds is 2. The van der Waals surface area contributed by atoms with Crippen LogP contribution in [-0.2, 0) is 24.5 Å². The van der Waals surface area contributed by atoms with Gasteiger partial charge in [0, 0.05) is 11.1 Å². The predicted octanol–water partition coefficient (Wildman–Crippen LogP) is -0.393. The summed E-state index contributed by atoms with van der Waals surface area (Å²) in [5.41, 5.74) is 6.27. The van der Waals surface area contributed by atoms with Gasteiger partial charge in [-0.3, -0.25) is 4.79 Å². The molecule has 24 heavy (non-hydrogen) atoms. The van der Waals surface area contributed by atoms with Gasteiger partial charge in [0.2, 0.25) is 0 Å². The molecule has 5 nitrogen and oxygen atoms in total. The van der Waals surface area contributed by atoms with Crippen molar-refractivity contribution >= 4 is 5.78 Å². The summed E-state index contributed by atoms with van der Waals surface area (Å²) in [4.78, 5) is 12.4. The molecule has 0 saturated carbocycles. The van der Waals surface area contributed by atoms with Crippen molar-refractivity contribution in [3.8, 4) is 0 Å². The maximum absolute atomic E-state index is 12.4. The number of carbonyl (C=O) groups is 1. The van der Waals surface area contributed by atoms with Crippen molar-refractivity contribution in [2.75, 3.05) is 0 Å². The molecule has 7 heteroatoms. The summed E-state index contributed by atoms with van der Waals surface area (Å²) in [6.07, 6.45) is 0. The van der Waals surface area contributed by atoms with E-state index in [0.717, 1.165) is 22.3 Å². The summed E-state index contributed by atoms with van der Waals surface area (Å²) in [5.74, 6) is 0.0983. The average molecular weight is 396 g/mol. The molecule has 0 saturated heterocycles. The molecule has 0 fully saturated rings. The third-order valence-electron chi connectivity index (χ3n) is 3.54. The van der Waals surface area contributed by atoms with Crippen LogP contribution in [0.15, 0.2) is 36.4 Å². The zero-order chi connectivity index (χ0) is 17.8. The van der Waals surface area contributed by atoms with E-state index >= 15 is 0 Å². The van der Waals surface area contributed by atoms with Gasteiger partial charge in [-0.15, -0.1) is 0 Å². The fourth-order valence-corrected chi connectivity index (χ4v) is 1.93. The van der Waals surface area contributed by atoms with Crippen molar-refractivity contribution in [3.63, 3.8) is 0 Å². The Morgan fingerprint density at radius 3 is 1.29 bits per heavy atom. The standard InChI is InChI=1S/C17H18O.K.Mn.4O/c1-11-5-7-15(9-13(11)3)17(18)16-8-6-12(2)14(4)10-16;;;;;;/h5-10H,1-4H3;;;;;;/q;+1;;;;;-1. The Bertz CT molecular complexity index is 830. The molecule has 0 amide bonds. The molecule has 0 N–H and O–H groups in total. The number of ketones is 1. The van der Waals surface area contributed by atoms with Gasteiger partial charge >= 0.3 is 80.0 Å². The second-order valence-electron chi connectivity index (χ2n) is 5.31. The molecular weight excluding hydrogens is 378 g/mol. The molecule has 2 rings (SSSR count). The first kappa shape index (κ1) is 23.6. The molecule has 0 bridgehead atoms. The van der Waals surface area contributed by atoms with Crippen LogP contribution < -0.4 is 55.6 Å². The summed E-state index contributed by atoms with van der Waals surface area (Å²) in [7, 11) is 0. The van der Waals surface area contributed by atoms with E-state index < -0.39 is 13.0 Å². The van der Waals surface area contributed by atoms with Crippen molar-refractivity contribution in [2.24, 2.45) is 0 Å². The predicted molar refractivity (Wildman–Crippen MR) is 77.3 cm³/mol. The Morgan fingerprint density at radius 2 is 1.04 bits per heavy atom. The van der Waals surface area contributed by atoms with Crippen molar-refractivity contribution in [1.82, 2.24) is 0 Å². The van der Waals surface area contributed by atoms with Crippen LogP contribution in [0.1, 0.15) is 38.2 Å². The molecule has 0 aliphatic rings. The first-order valence-corrected chi connectivity index (χ1v) is 8.73. The minimum absolute atomic E-state index is 0. The molecule has 0 unspecified atom stereocenters. The van der Waals surface area contributed by atoms with Gasteiger partial charge in [-0.05, 0) is 62.1 Å². The third kappa shape index (κ3) is 8.14. The number of hydrogen-bond acceptors (Lipinski definition) is 5. The summed E-state index contributed by atoms with van der Waals surface area (Å²) in [5, 5.41) is 0. The fraction of sp³-hybridized carbons (Fsp3) is 0.235. The number of benzene rings is 2. The number of carbonyl (C=O) groups excluding carboxylic acids is 1. The van der Waals surface area contributed by atoms with Crippen LogP contribution in [0.4, 0.5) is 0 Å². The monoisotopic (exact) mass is 396 g/mol. The zero-order valence-electron chi connectivity index (χ0n) is 14.4. The molecule has 0 radical (unpaired) electrons. The summed E-state index contributed by atoms with van der Waals surface area (Å²) in [6, 6.07) is 11.7. The van der Waals surface area contributed by atoms with E-state index in [2.05, 4.69) is 13.8 Å². The fourth-order valence-electron chi connectivity index (χ4n) is 1.93. The van der Waals surface area contributed by atoms with Crippen molar-refractivity contribution < 1.29 is 84.8 Å². The van der Waals surface area contributed by atoms with Gasteiger partial charge in [0.1, 0.15) is 0 Å². The van der Waals surface area contributed by atoms with Gasteiger partial charge in [-0.25, -0.2) is 0 Å². The van der Waals surface area contributed by atoms with Gasteiger partial charge in [-0.1, -0.05) is 24.3 Å². The summed E-state index contributed by atoms with van der Waals surface area (Å²) in [6.45, 7) is 8.18. The van der Waals surface area contributed by atoms with Crippen LogP contribution in [0.5, 0.6) is 0 Å². The number of hydrogen-bond donors (Lipinski definition) is 0. The second-order valence-corrected chi connectivity index (χ2v) is 6.49. The molecule has 124 valence electrons. The molecule has 2 aromatic rings. The zero-order valence-corrected chi connectivity index (χ0v) is 18.7. The van der Waals surface area contributed by atoms with Gasteiger partial charge in [0.05, 0.1) is 0 Å². The van der Waals surface area contributed by atoms with E-state index in [4.69, 9.17) is 15.7 Å². The van der Waals surface area contributed by atoms with Crippen LogP contribution in [0.3, 0.4) is 0 Å². The Hall–Kier alpha value is -0.374. The second kappa shape index (κ2) is 9.94. The van der Waals surface area contributed by atoms with Crippen LogP contribution in [0.2, 0.25) is 0 Å². The SMILES string of the molecule is Cc1ccc(C(=O)c2ccc(C)c(C)c2)cc1C.[K+].[O]=[Mn](=[O])(=[O])[O-]. The van der Waals surface area contributed by atoms with Crippen molar-refractivity contribution in [1.29, 1.82) is 0 Å². The van der Waals surface area contributed by atoms with E-state index in [-0.39, 0.29) is 57.2 Å². The van der Waals surface area contributed by atoms with Crippen molar-refractivity contribution in [3.05, 3.63) is 69.8 Å². The maximum atomic E-state index is 12.4. The Kier molecular flexibility index (Phi) is 9.79. The van der Waals surface area contributed by atoms with Crippen LogP contribution in [0, 0.1) is 27.7 Å². The molecule has 0 aliphatic heterocycles. The molecule has 2 aromatic carbocycles. The van der Waals surface area contributed by atoms with E-state index in [9.17, 15) is 4.79 Å². The van der Waals surface area contributed by atoms with Gasteiger partial charge in [0.25, 0.3) is 0 Å². The number of aryl methyl sites for hydroxylation is 4. The van der Waals surface area contributed by atoms with Gasteiger partial charge in [0.15, 0.2) is 5.78 Å². The topological polar surface area (TPSA) is 91.3 Å². The van der Waals surface area contributed by atoms with Crippen LogP contribution in [-0.4, -0.2) is 5.78 Å². The Balaban J connectivity index is 0.000000777. The molecule has 0 heterocycles. The van der Waals surface area contributed by atoms with E-state index in [1.54, 1.807) is 0 Å². The minimum atomic E-state index is -5.62. The Morgan fingerprint density at radius 1 is 0.750 bits per heavy atom. The van der Waals surface area contributed by atoms with E-state index in [0.29, 0.717) is 0 Å². The first-order chi connectivity index (χ1) is 10.5.